The van der Waals surface area contributed by atoms with Crippen molar-refractivity contribution in [3.05, 3.63) is 78.5 Å². The molecule has 0 atom stereocenters. The Balaban J connectivity index is 1.96. The van der Waals surface area contributed by atoms with Crippen LogP contribution in [0.1, 0.15) is 5.56 Å². The van der Waals surface area contributed by atoms with Crippen LogP contribution in [0.3, 0.4) is 0 Å². The molecule has 1 nitrogen and oxygen atoms in total. The first kappa shape index (κ1) is 12.6. The van der Waals surface area contributed by atoms with Crippen molar-refractivity contribution in [2.75, 3.05) is 0 Å². The lowest BCUT2D eigenvalue weighted by Gasteiger charge is -2.13. The van der Waals surface area contributed by atoms with E-state index in [9.17, 15) is 0 Å². The van der Waals surface area contributed by atoms with Crippen molar-refractivity contribution >= 4 is 32.3 Å². The Kier molecular flexibility index (Phi) is 2.48. The summed E-state index contributed by atoms with van der Waals surface area (Å²) in [6.07, 6.45) is 1.94. The normalized spacial score (nSPS) is 11.7. The van der Waals surface area contributed by atoms with Crippen LogP contribution in [0, 0.1) is 6.92 Å². The van der Waals surface area contributed by atoms with Gasteiger partial charge >= 0.3 is 0 Å². The molecule has 23 heavy (non-hydrogen) atoms. The third kappa shape index (κ3) is 1.77. The number of nitrogens with zero attached hydrogens (tertiary/aromatic N) is 1. The highest BCUT2D eigenvalue weighted by Gasteiger charge is 2.12. The van der Waals surface area contributed by atoms with Crippen molar-refractivity contribution in [3.8, 4) is 11.3 Å². The molecule has 0 saturated heterocycles. The van der Waals surface area contributed by atoms with E-state index < -0.39 is 0 Å². The van der Waals surface area contributed by atoms with Crippen LogP contribution in [-0.2, 0) is 0 Å². The van der Waals surface area contributed by atoms with Crippen LogP contribution in [0.2, 0.25) is 0 Å². The van der Waals surface area contributed by atoms with E-state index in [0.717, 1.165) is 5.69 Å². The van der Waals surface area contributed by atoms with Crippen molar-refractivity contribution in [2.45, 2.75) is 6.92 Å². The first-order chi connectivity index (χ1) is 11.3. The van der Waals surface area contributed by atoms with Gasteiger partial charge in [0, 0.05) is 11.8 Å². The Morgan fingerprint density at radius 2 is 1.35 bits per heavy atom. The second-order valence-corrected chi connectivity index (χ2v) is 6.19. The zero-order chi connectivity index (χ0) is 15.4. The molecule has 4 aromatic carbocycles. The van der Waals surface area contributed by atoms with E-state index in [-0.39, 0.29) is 0 Å². The molecule has 1 heteroatoms. The number of aromatic nitrogens is 1. The molecule has 0 aliphatic carbocycles. The van der Waals surface area contributed by atoms with Crippen LogP contribution in [0.4, 0.5) is 0 Å². The van der Waals surface area contributed by atoms with Crippen LogP contribution in [-0.4, -0.2) is 4.98 Å². The van der Waals surface area contributed by atoms with E-state index in [1.807, 2.05) is 6.20 Å². The van der Waals surface area contributed by atoms with Crippen molar-refractivity contribution in [2.24, 2.45) is 0 Å². The molecule has 0 unspecified atom stereocenters. The molecule has 0 saturated carbocycles. The maximum Gasteiger partial charge on any atom is 0.0708 e. The molecule has 0 fully saturated rings. The first-order valence-corrected chi connectivity index (χ1v) is 7.91. The quantitative estimate of drug-likeness (QED) is 0.348. The third-order valence-electron chi connectivity index (χ3n) is 4.72. The van der Waals surface area contributed by atoms with Crippen molar-refractivity contribution in [3.63, 3.8) is 0 Å². The summed E-state index contributed by atoms with van der Waals surface area (Å²) >= 11 is 0. The lowest BCUT2D eigenvalue weighted by Crippen LogP contribution is -1.89. The van der Waals surface area contributed by atoms with E-state index >= 15 is 0 Å². The summed E-state index contributed by atoms with van der Waals surface area (Å²) in [6, 6.07) is 24.1. The highest BCUT2D eigenvalue weighted by molar-refractivity contribution is 6.25. The minimum atomic E-state index is 1.04. The Morgan fingerprint density at radius 1 is 0.652 bits per heavy atom. The minimum absolute atomic E-state index is 1.04. The summed E-state index contributed by atoms with van der Waals surface area (Å²) in [7, 11) is 0. The monoisotopic (exact) mass is 293 g/mol. The van der Waals surface area contributed by atoms with E-state index in [4.69, 9.17) is 0 Å². The highest BCUT2D eigenvalue weighted by Crippen LogP contribution is 2.38. The zero-order valence-electron chi connectivity index (χ0n) is 12.9. The Labute approximate surface area is 134 Å². The van der Waals surface area contributed by atoms with Gasteiger partial charge in [-0.15, -0.1) is 0 Å². The molecule has 1 heterocycles. The molecule has 0 bridgehead atoms. The van der Waals surface area contributed by atoms with E-state index in [0.29, 0.717) is 0 Å². The molecular formula is C22H15N. The maximum absolute atomic E-state index is 4.63. The molecule has 0 amide bonds. The molecule has 0 aliphatic heterocycles. The van der Waals surface area contributed by atoms with E-state index in [1.165, 1.54) is 43.4 Å². The van der Waals surface area contributed by atoms with Gasteiger partial charge in [-0.25, -0.2) is 0 Å². The first-order valence-electron chi connectivity index (χ1n) is 7.91. The smallest absolute Gasteiger partial charge is 0.0708 e. The Bertz CT molecular complexity index is 1140. The van der Waals surface area contributed by atoms with Gasteiger partial charge in [-0.05, 0) is 50.9 Å². The van der Waals surface area contributed by atoms with Gasteiger partial charge in [0.15, 0.2) is 0 Å². The van der Waals surface area contributed by atoms with Gasteiger partial charge in [-0.2, -0.15) is 0 Å². The Hall–Kier alpha value is -2.93. The molecule has 1 aromatic heterocycles. The molecule has 5 rings (SSSR count). The van der Waals surface area contributed by atoms with E-state index in [1.54, 1.807) is 0 Å². The van der Waals surface area contributed by atoms with Crippen LogP contribution in [0.15, 0.2) is 72.9 Å². The predicted octanol–water partition coefficient (Wildman–Crippen LogP) is 5.95. The van der Waals surface area contributed by atoms with Gasteiger partial charge in [-0.3, -0.25) is 4.98 Å². The Morgan fingerprint density at radius 3 is 2.09 bits per heavy atom. The number of benzene rings is 4. The largest absolute Gasteiger partial charge is 0.256 e. The second-order valence-electron chi connectivity index (χ2n) is 6.19. The highest BCUT2D eigenvalue weighted by atomic mass is 14.7. The second kappa shape index (κ2) is 4.53. The maximum atomic E-state index is 4.63. The van der Waals surface area contributed by atoms with Gasteiger partial charge in [0.25, 0.3) is 0 Å². The molecular weight excluding hydrogens is 278 g/mol. The van der Waals surface area contributed by atoms with Gasteiger partial charge in [-0.1, -0.05) is 60.7 Å². The fourth-order valence-electron chi connectivity index (χ4n) is 3.59. The van der Waals surface area contributed by atoms with Gasteiger partial charge in [0.1, 0.15) is 0 Å². The minimum Gasteiger partial charge on any atom is -0.256 e. The van der Waals surface area contributed by atoms with Gasteiger partial charge in [0.2, 0.25) is 0 Å². The molecule has 5 aromatic rings. The predicted molar refractivity (Wildman–Crippen MR) is 98.1 cm³/mol. The number of aryl methyl sites for hydroxylation is 1. The summed E-state index contributed by atoms with van der Waals surface area (Å²) in [5, 5.41) is 7.88. The summed E-state index contributed by atoms with van der Waals surface area (Å²) in [4.78, 5) is 4.63. The van der Waals surface area contributed by atoms with Crippen LogP contribution < -0.4 is 0 Å². The van der Waals surface area contributed by atoms with Gasteiger partial charge in [0.05, 0.1) is 5.69 Å². The van der Waals surface area contributed by atoms with Crippen molar-refractivity contribution < 1.29 is 0 Å². The standard InChI is InChI=1S/C22H15N/c1-14-5-12-20(23-13-14)18-10-8-17-7-6-15-3-2-4-16-9-11-19(18)22(17)21(15)16/h2-13H,1H3. The molecule has 0 aliphatic rings. The molecule has 0 N–H and O–H groups in total. The van der Waals surface area contributed by atoms with Crippen molar-refractivity contribution in [1.82, 2.24) is 4.98 Å². The lowest BCUT2D eigenvalue weighted by atomic mass is 9.91. The molecule has 0 spiro atoms. The van der Waals surface area contributed by atoms with E-state index in [2.05, 4.69) is 78.6 Å². The average Bonchev–Trinajstić information content (AvgIpc) is 2.60. The number of rotatable bonds is 1. The van der Waals surface area contributed by atoms with Gasteiger partial charge < -0.3 is 0 Å². The van der Waals surface area contributed by atoms with Crippen LogP contribution in [0.5, 0.6) is 0 Å². The summed E-state index contributed by atoms with van der Waals surface area (Å²) < 4.78 is 0. The van der Waals surface area contributed by atoms with Crippen LogP contribution in [0.25, 0.3) is 43.6 Å². The topological polar surface area (TPSA) is 12.9 Å². The third-order valence-corrected chi connectivity index (χ3v) is 4.72. The zero-order valence-corrected chi connectivity index (χ0v) is 12.9. The average molecular weight is 293 g/mol. The summed E-state index contributed by atoms with van der Waals surface area (Å²) in [5.74, 6) is 0. The fraction of sp³-hybridized carbons (Fsp3) is 0.0455. The number of hydrogen-bond acceptors (Lipinski definition) is 1. The fourth-order valence-corrected chi connectivity index (χ4v) is 3.59. The number of pyridine rings is 1. The molecule has 0 radical (unpaired) electrons. The summed E-state index contributed by atoms with van der Waals surface area (Å²) in [5.41, 5.74) is 3.43. The molecule has 108 valence electrons. The lowest BCUT2D eigenvalue weighted by molar-refractivity contribution is 1.27. The SMILES string of the molecule is Cc1ccc(-c2ccc3ccc4cccc5ccc2c3c45)nc1. The summed E-state index contributed by atoms with van der Waals surface area (Å²) in [6.45, 7) is 2.07. The van der Waals surface area contributed by atoms with Crippen LogP contribution >= 0.6 is 0 Å². The van der Waals surface area contributed by atoms with Crippen molar-refractivity contribution in [1.29, 1.82) is 0 Å². The number of hydrogen-bond donors (Lipinski definition) is 0.